The van der Waals surface area contributed by atoms with Crippen LogP contribution in [0.15, 0.2) is 12.1 Å². The third-order valence-corrected chi connectivity index (χ3v) is 2.23. The molecule has 5 heteroatoms. The van der Waals surface area contributed by atoms with Gasteiger partial charge in [-0.1, -0.05) is 6.07 Å². The number of hydrogen-bond donors (Lipinski definition) is 1. The quantitative estimate of drug-likeness (QED) is 0.530. The number of nitrogens with two attached hydrogens (primary N) is 1. The number of carbonyl (C=O) groups is 1. The van der Waals surface area contributed by atoms with Crippen molar-refractivity contribution in [2.24, 2.45) is 5.84 Å². The van der Waals surface area contributed by atoms with E-state index in [1.807, 2.05) is 0 Å². The molecular weight excluding hydrogens is 187 g/mol. The maximum absolute atomic E-state index is 13.6. The zero-order valence-corrected chi connectivity index (χ0v) is 7.58. The molecule has 14 heavy (non-hydrogen) atoms. The number of amides is 1. The third kappa shape index (κ3) is 1.06. The van der Waals surface area contributed by atoms with Crippen molar-refractivity contribution >= 4 is 5.91 Å². The average molecular weight is 196 g/mol. The minimum atomic E-state index is -0.636. The van der Waals surface area contributed by atoms with Crippen molar-refractivity contribution in [2.75, 3.05) is 7.11 Å². The Morgan fingerprint density at radius 2 is 2.29 bits per heavy atom. The molecule has 0 aromatic heterocycles. The summed E-state index contributed by atoms with van der Waals surface area (Å²) < 4.78 is 18.3. The van der Waals surface area contributed by atoms with Crippen molar-refractivity contribution in [1.82, 2.24) is 5.01 Å². The lowest BCUT2D eigenvalue weighted by Crippen LogP contribution is -2.31. The van der Waals surface area contributed by atoms with Crippen LogP contribution in [0.2, 0.25) is 0 Å². The second-order valence-electron chi connectivity index (χ2n) is 3.05. The summed E-state index contributed by atoms with van der Waals surface area (Å²) in [4.78, 5) is 11.4. The molecular formula is C9H9FN2O2. The van der Waals surface area contributed by atoms with Crippen molar-refractivity contribution in [3.63, 3.8) is 0 Å². The van der Waals surface area contributed by atoms with Crippen LogP contribution in [0.3, 0.4) is 0 Å². The predicted octanol–water partition coefficient (Wildman–Crippen LogP) is 0.664. The maximum atomic E-state index is 13.6. The van der Waals surface area contributed by atoms with Gasteiger partial charge in [-0.2, -0.15) is 0 Å². The Morgan fingerprint density at radius 3 is 2.93 bits per heavy atom. The van der Waals surface area contributed by atoms with Gasteiger partial charge in [0.25, 0.3) is 5.91 Å². The van der Waals surface area contributed by atoms with Crippen LogP contribution in [0, 0.1) is 5.82 Å². The third-order valence-electron chi connectivity index (χ3n) is 2.23. The van der Waals surface area contributed by atoms with E-state index in [2.05, 4.69) is 0 Å². The number of fused-ring (bicyclic) bond motifs is 1. The average Bonchev–Trinajstić information content (AvgIpc) is 2.44. The van der Waals surface area contributed by atoms with Gasteiger partial charge in [0.05, 0.1) is 19.2 Å². The molecule has 1 aliphatic rings. The fraction of sp³-hybridized carbons (Fsp3) is 0.222. The highest BCUT2D eigenvalue weighted by molar-refractivity contribution is 5.98. The van der Waals surface area contributed by atoms with Crippen LogP contribution >= 0.6 is 0 Å². The first-order chi connectivity index (χ1) is 6.65. The highest BCUT2D eigenvalue weighted by atomic mass is 19.1. The summed E-state index contributed by atoms with van der Waals surface area (Å²) in [6.45, 7) is 0.245. The number of ether oxygens (including phenoxy) is 1. The smallest absolute Gasteiger partial charge is 0.271 e. The molecule has 0 radical (unpaired) electrons. The molecule has 0 saturated heterocycles. The fourth-order valence-corrected chi connectivity index (χ4v) is 1.52. The van der Waals surface area contributed by atoms with Crippen LogP contribution in [-0.4, -0.2) is 18.0 Å². The summed E-state index contributed by atoms with van der Waals surface area (Å²) in [5.41, 5.74) is 0.614. The summed E-state index contributed by atoms with van der Waals surface area (Å²) in [6, 6.07) is 3.13. The molecule has 1 amide bonds. The van der Waals surface area contributed by atoms with Gasteiger partial charge in [0.2, 0.25) is 0 Å². The van der Waals surface area contributed by atoms with Gasteiger partial charge < -0.3 is 4.74 Å². The molecule has 1 aliphatic heterocycles. The zero-order valence-electron chi connectivity index (χ0n) is 7.58. The highest BCUT2D eigenvalue weighted by Gasteiger charge is 2.30. The number of halogens is 1. The number of benzene rings is 1. The molecule has 4 nitrogen and oxygen atoms in total. The molecule has 2 N–H and O–H groups in total. The summed E-state index contributed by atoms with van der Waals surface area (Å²) in [6.07, 6.45) is 0. The van der Waals surface area contributed by atoms with E-state index in [1.54, 1.807) is 6.07 Å². The SMILES string of the molecule is COc1ccc2c(c1F)C(=O)N(N)C2. The first-order valence-corrected chi connectivity index (χ1v) is 4.07. The minimum Gasteiger partial charge on any atom is -0.494 e. The molecule has 0 saturated carbocycles. The second-order valence-corrected chi connectivity index (χ2v) is 3.05. The molecule has 0 bridgehead atoms. The van der Waals surface area contributed by atoms with Gasteiger partial charge in [-0.3, -0.25) is 9.80 Å². The Morgan fingerprint density at radius 1 is 1.57 bits per heavy atom. The molecule has 0 aliphatic carbocycles. The lowest BCUT2D eigenvalue weighted by atomic mass is 10.1. The van der Waals surface area contributed by atoms with Crippen LogP contribution < -0.4 is 10.6 Å². The van der Waals surface area contributed by atoms with Crippen LogP contribution in [-0.2, 0) is 6.54 Å². The molecule has 1 aromatic carbocycles. The molecule has 2 rings (SSSR count). The fourth-order valence-electron chi connectivity index (χ4n) is 1.52. The Kier molecular flexibility index (Phi) is 1.89. The summed E-state index contributed by atoms with van der Waals surface area (Å²) in [5, 5.41) is 0.979. The Bertz CT molecular complexity index is 406. The van der Waals surface area contributed by atoms with E-state index in [1.165, 1.54) is 13.2 Å². The van der Waals surface area contributed by atoms with Gasteiger partial charge in [0, 0.05) is 0 Å². The lowest BCUT2D eigenvalue weighted by molar-refractivity contribution is 0.0774. The van der Waals surface area contributed by atoms with Crippen LogP contribution in [0.4, 0.5) is 4.39 Å². The Balaban J connectivity index is 2.60. The number of methoxy groups -OCH3 is 1. The standard InChI is InChI=1S/C9H9FN2O2/c1-14-6-3-2-5-4-12(11)9(13)7(5)8(6)10/h2-3H,4,11H2,1H3. The Hall–Kier alpha value is -1.62. The molecule has 74 valence electrons. The van der Waals surface area contributed by atoms with Crippen LogP contribution in [0.25, 0.3) is 0 Å². The molecule has 1 heterocycles. The van der Waals surface area contributed by atoms with Crippen molar-refractivity contribution in [3.05, 3.63) is 29.1 Å². The van der Waals surface area contributed by atoms with Gasteiger partial charge in [-0.05, 0) is 11.6 Å². The van der Waals surface area contributed by atoms with E-state index in [9.17, 15) is 9.18 Å². The van der Waals surface area contributed by atoms with E-state index in [-0.39, 0.29) is 17.9 Å². The van der Waals surface area contributed by atoms with Crippen molar-refractivity contribution < 1.29 is 13.9 Å². The van der Waals surface area contributed by atoms with E-state index in [0.29, 0.717) is 5.56 Å². The van der Waals surface area contributed by atoms with Gasteiger partial charge in [0.15, 0.2) is 11.6 Å². The largest absolute Gasteiger partial charge is 0.494 e. The van der Waals surface area contributed by atoms with Gasteiger partial charge in [-0.15, -0.1) is 0 Å². The summed E-state index contributed by atoms with van der Waals surface area (Å²) >= 11 is 0. The van der Waals surface area contributed by atoms with Crippen LogP contribution in [0.5, 0.6) is 5.75 Å². The Labute approximate surface area is 80.0 Å². The van der Waals surface area contributed by atoms with E-state index >= 15 is 0 Å². The normalized spacial score (nSPS) is 14.5. The maximum Gasteiger partial charge on any atom is 0.271 e. The van der Waals surface area contributed by atoms with Crippen molar-refractivity contribution in [1.29, 1.82) is 0 Å². The van der Waals surface area contributed by atoms with Crippen LogP contribution in [0.1, 0.15) is 15.9 Å². The number of hydrazine groups is 1. The van der Waals surface area contributed by atoms with E-state index < -0.39 is 11.7 Å². The zero-order chi connectivity index (χ0) is 10.3. The molecule has 0 spiro atoms. The minimum absolute atomic E-state index is 0.0202. The monoisotopic (exact) mass is 196 g/mol. The highest BCUT2D eigenvalue weighted by Crippen LogP contribution is 2.29. The molecule has 0 atom stereocenters. The predicted molar refractivity (Wildman–Crippen MR) is 47.0 cm³/mol. The topological polar surface area (TPSA) is 55.6 Å². The number of nitrogens with zero attached hydrogens (tertiary/aromatic N) is 1. The number of carbonyl (C=O) groups excluding carboxylic acids is 1. The summed E-state index contributed by atoms with van der Waals surface area (Å²) in [7, 11) is 1.35. The van der Waals surface area contributed by atoms with Gasteiger partial charge in [-0.25, -0.2) is 10.2 Å². The van der Waals surface area contributed by atoms with Crippen molar-refractivity contribution in [3.8, 4) is 5.75 Å². The van der Waals surface area contributed by atoms with Gasteiger partial charge >= 0.3 is 0 Å². The number of hydrogen-bond acceptors (Lipinski definition) is 3. The number of rotatable bonds is 1. The van der Waals surface area contributed by atoms with Crippen molar-refractivity contribution in [2.45, 2.75) is 6.54 Å². The van der Waals surface area contributed by atoms with Gasteiger partial charge in [0.1, 0.15) is 0 Å². The molecule has 1 aromatic rings. The first-order valence-electron chi connectivity index (χ1n) is 4.07. The molecule has 0 unspecified atom stereocenters. The first kappa shape index (κ1) is 8.96. The van der Waals surface area contributed by atoms with E-state index in [4.69, 9.17) is 10.6 Å². The van der Waals surface area contributed by atoms with E-state index in [0.717, 1.165) is 5.01 Å². The molecule has 0 fully saturated rings. The summed E-state index contributed by atoms with van der Waals surface area (Å²) in [5.74, 6) is 4.29. The second kappa shape index (κ2) is 2.95. The lowest BCUT2D eigenvalue weighted by Gasteiger charge is -2.05.